The number of nitrogens with two attached hydrogens (primary N) is 1. The van der Waals surface area contributed by atoms with Gasteiger partial charge in [0, 0.05) is 26.0 Å². The third kappa shape index (κ3) is 2.76. The number of benzene rings is 1. The maximum absolute atomic E-state index is 5.80. The fourth-order valence-corrected chi connectivity index (χ4v) is 1.59. The molecule has 0 amide bonds. The van der Waals surface area contributed by atoms with E-state index in [1.54, 1.807) is 18.0 Å². The van der Waals surface area contributed by atoms with Gasteiger partial charge in [0.2, 0.25) is 0 Å². The van der Waals surface area contributed by atoms with Crippen LogP contribution in [0.1, 0.15) is 5.56 Å². The lowest BCUT2D eigenvalue weighted by Gasteiger charge is -2.05. The highest BCUT2D eigenvalue weighted by atomic mass is 16.5. The summed E-state index contributed by atoms with van der Waals surface area (Å²) in [5, 5.41) is 7.38. The van der Waals surface area contributed by atoms with Crippen molar-refractivity contribution < 1.29 is 4.74 Å². The molecule has 1 aromatic carbocycles. The third-order valence-corrected chi connectivity index (χ3v) is 2.38. The van der Waals surface area contributed by atoms with Crippen molar-refractivity contribution in [1.29, 1.82) is 0 Å². The largest absolute Gasteiger partial charge is 0.394 e. The minimum atomic E-state index is 0.617. The van der Waals surface area contributed by atoms with Gasteiger partial charge in [0.05, 0.1) is 12.3 Å². The molecule has 3 N–H and O–H groups in total. The van der Waals surface area contributed by atoms with Crippen LogP contribution in [0.2, 0.25) is 0 Å². The van der Waals surface area contributed by atoms with Gasteiger partial charge in [-0.1, -0.05) is 12.1 Å². The molecule has 0 aliphatic heterocycles. The number of aromatic nitrogens is 2. The smallest absolute Gasteiger partial charge is 0.175 e. The topological polar surface area (TPSA) is 65.1 Å². The molecule has 0 fully saturated rings. The summed E-state index contributed by atoms with van der Waals surface area (Å²) in [6.07, 6.45) is 1.77. The fourth-order valence-electron chi connectivity index (χ4n) is 1.59. The Kier molecular flexibility index (Phi) is 3.30. The Morgan fingerprint density at radius 1 is 1.35 bits per heavy atom. The number of nitrogens with zero attached hydrogens (tertiary/aromatic N) is 2. The number of rotatable bonds is 4. The minimum absolute atomic E-state index is 0.617. The number of hydrogen-bond donors (Lipinski definition) is 2. The predicted octanol–water partition coefficient (Wildman–Crippen LogP) is 1.89. The maximum atomic E-state index is 5.80. The fraction of sp³-hybridized carbons (Fsp3) is 0.250. The average Bonchev–Trinajstić information content (AvgIpc) is 2.61. The van der Waals surface area contributed by atoms with Crippen molar-refractivity contribution in [3.8, 4) is 0 Å². The molecule has 0 spiro atoms. The summed E-state index contributed by atoms with van der Waals surface area (Å²) >= 11 is 0. The zero-order chi connectivity index (χ0) is 12.3. The van der Waals surface area contributed by atoms with Gasteiger partial charge in [0.15, 0.2) is 5.82 Å². The van der Waals surface area contributed by atoms with E-state index in [4.69, 9.17) is 10.5 Å². The summed E-state index contributed by atoms with van der Waals surface area (Å²) in [7, 11) is 3.52. The Balaban J connectivity index is 2.11. The van der Waals surface area contributed by atoms with E-state index in [0.29, 0.717) is 18.1 Å². The molecule has 1 aromatic heterocycles. The second-order valence-electron chi connectivity index (χ2n) is 3.86. The first-order valence-electron chi connectivity index (χ1n) is 5.33. The summed E-state index contributed by atoms with van der Waals surface area (Å²) in [6, 6.07) is 7.96. The van der Waals surface area contributed by atoms with E-state index < -0.39 is 0 Å². The standard InChI is InChI=1S/C12H16N4O/c1-16-7-11(13)12(15-16)14-10-5-3-9(4-6-10)8-17-2/h3-7H,8,13H2,1-2H3,(H,14,15). The molecule has 0 radical (unpaired) electrons. The van der Waals surface area contributed by atoms with E-state index in [0.717, 1.165) is 11.3 Å². The second-order valence-corrected chi connectivity index (χ2v) is 3.86. The van der Waals surface area contributed by atoms with Crippen molar-refractivity contribution in [3.63, 3.8) is 0 Å². The minimum Gasteiger partial charge on any atom is -0.394 e. The van der Waals surface area contributed by atoms with Crippen LogP contribution in [0.15, 0.2) is 30.5 Å². The first-order valence-corrected chi connectivity index (χ1v) is 5.33. The van der Waals surface area contributed by atoms with Gasteiger partial charge in [-0.05, 0) is 17.7 Å². The van der Waals surface area contributed by atoms with Crippen LogP contribution < -0.4 is 11.1 Å². The van der Waals surface area contributed by atoms with E-state index in [1.807, 2.05) is 31.3 Å². The van der Waals surface area contributed by atoms with Gasteiger partial charge in [-0.3, -0.25) is 4.68 Å². The van der Waals surface area contributed by atoms with Crippen molar-refractivity contribution in [3.05, 3.63) is 36.0 Å². The highest BCUT2D eigenvalue weighted by molar-refractivity contribution is 5.67. The average molecular weight is 232 g/mol. The number of anilines is 3. The van der Waals surface area contributed by atoms with Gasteiger partial charge in [-0.25, -0.2) is 0 Å². The highest BCUT2D eigenvalue weighted by Crippen LogP contribution is 2.20. The molecule has 2 rings (SSSR count). The molecule has 1 heterocycles. The predicted molar refractivity (Wildman–Crippen MR) is 68.1 cm³/mol. The van der Waals surface area contributed by atoms with Crippen LogP contribution in [0.5, 0.6) is 0 Å². The van der Waals surface area contributed by atoms with E-state index in [1.165, 1.54) is 0 Å². The quantitative estimate of drug-likeness (QED) is 0.845. The molecule has 2 aromatic rings. The van der Waals surface area contributed by atoms with Crippen molar-refractivity contribution in [1.82, 2.24) is 9.78 Å². The van der Waals surface area contributed by atoms with Gasteiger partial charge >= 0.3 is 0 Å². The van der Waals surface area contributed by atoms with Gasteiger partial charge < -0.3 is 15.8 Å². The normalized spacial score (nSPS) is 10.5. The van der Waals surface area contributed by atoms with E-state index in [9.17, 15) is 0 Å². The van der Waals surface area contributed by atoms with Gasteiger partial charge in [-0.2, -0.15) is 5.10 Å². The van der Waals surface area contributed by atoms with Gasteiger partial charge in [0.1, 0.15) is 0 Å². The Bertz CT molecular complexity index is 490. The number of ether oxygens (including phenoxy) is 1. The lowest BCUT2D eigenvalue weighted by atomic mass is 10.2. The number of methoxy groups -OCH3 is 1. The first kappa shape index (κ1) is 11.5. The molecule has 5 heteroatoms. The first-order chi connectivity index (χ1) is 8.19. The van der Waals surface area contributed by atoms with E-state index in [2.05, 4.69) is 10.4 Å². The summed E-state index contributed by atoms with van der Waals surface area (Å²) in [5.74, 6) is 0.673. The van der Waals surface area contributed by atoms with Gasteiger partial charge in [-0.15, -0.1) is 0 Å². The molecule has 17 heavy (non-hydrogen) atoms. The number of nitrogens with one attached hydrogen (secondary N) is 1. The number of hydrogen-bond acceptors (Lipinski definition) is 4. The van der Waals surface area contributed by atoms with Crippen LogP contribution in [0.25, 0.3) is 0 Å². The second kappa shape index (κ2) is 4.88. The van der Waals surface area contributed by atoms with E-state index in [-0.39, 0.29) is 0 Å². The van der Waals surface area contributed by atoms with Crippen LogP contribution in [0.3, 0.4) is 0 Å². The number of aryl methyl sites for hydroxylation is 1. The Labute approximate surface area is 100 Å². The molecule has 0 bridgehead atoms. The van der Waals surface area contributed by atoms with Crippen LogP contribution in [-0.2, 0) is 18.4 Å². The summed E-state index contributed by atoms with van der Waals surface area (Å²) in [6.45, 7) is 0.617. The zero-order valence-corrected chi connectivity index (χ0v) is 9.97. The highest BCUT2D eigenvalue weighted by Gasteiger charge is 2.03. The Morgan fingerprint density at radius 3 is 2.59 bits per heavy atom. The van der Waals surface area contributed by atoms with Crippen LogP contribution in [0, 0.1) is 0 Å². The number of nitrogen functional groups attached to an aromatic ring is 1. The third-order valence-electron chi connectivity index (χ3n) is 2.38. The van der Waals surface area contributed by atoms with Crippen LogP contribution in [0.4, 0.5) is 17.2 Å². The monoisotopic (exact) mass is 232 g/mol. The van der Waals surface area contributed by atoms with Crippen molar-refractivity contribution in [2.75, 3.05) is 18.2 Å². The zero-order valence-electron chi connectivity index (χ0n) is 9.97. The molecule has 0 aliphatic rings. The molecule has 0 aliphatic carbocycles. The van der Waals surface area contributed by atoms with Gasteiger partial charge in [0.25, 0.3) is 0 Å². The lowest BCUT2D eigenvalue weighted by Crippen LogP contribution is -1.96. The molecule has 0 atom stereocenters. The van der Waals surface area contributed by atoms with Crippen LogP contribution >= 0.6 is 0 Å². The van der Waals surface area contributed by atoms with Crippen molar-refractivity contribution in [2.45, 2.75) is 6.61 Å². The molecule has 5 nitrogen and oxygen atoms in total. The Morgan fingerprint density at radius 2 is 2.06 bits per heavy atom. The molecule has 0 saturated carbocycles. The molecular formula is C12H16N4O. The lowest BCUT2D eigenvalue weighted by molar-refractivity contribution is 0.185. The molecule has 90 valence electrons. The van der Waals surface area contributed by atoms with Crippen molar-refractivity contribution >= 4 is 17.2 Å². The molecule has 0 unspecified atom stereocenters. The Hall–Kier alpha value is -2.01. The molecule has 0 saturated heterocycles. The summed E-state index contributed by atoms with van der Waals surface area (Å²) in [5.41, 5.74) is 8.52. The molecular weight excluding hydrogens is 216 g/mol. The summed E-state index contributed by atoms with van der Waals surface area (Å²) < 4.78 is 6.73. The SMILES string of the molecule is COCc1ccc(Nc2nn(C)cc2N)cc1. The maximum Gasteiger partial charge on any atom is 0.175 e. The van der Waals surface area contributed by atoms with Crippen molar-refractivity contribution in [2.24, 2.45) is 7.05 Å². The van der Waals surface area contributed by atoms with Crippen LogP contribution in [-0.4, -0.2) is 16.9 Å². The summed E-state index contributed by atoms with van der Waals surface area (Å²) in [4.78, 5) is 0. The van der Waals surface area contributed by atoms with E-state index >= 15 is 0 Å².